The van der Waals surface area contributed by atoms with Crippen molar-refractivity contribution in [1.82, 2.24) is 9.55 Å². The molecule has 0 saturated carbocycles. The van der Waals surface area contributed by atoms with Gasteiger partial charge in [-0.15, -0.1) is 23.1 Å². The van der Waals surface area contributed by atoms with E-state index >= 15 is 0 Å². The lowest BCUT2D eigenvalue weighted by Crippen LogP contribution is -2.17. The van der Waals surface area contributed by atoms with Gasteiger partial charge in [-0.3, -0.25) is 19.5 Å². The molecule has 2 heterocycles. The molecule has 0 atom stereocenters. The smallest absolute Gasteiger partial charge is 0.407 e. The molecule has 0 aliphatic carbocycles. The van der Waals surface area contributed by atoms with E-state index in [0.717, 1.165) is 11.3 Å². The van der Waals surface area contributed by atoms with Crippen molar-refractivity contribution in [2.45, 2.75) is 24.3 Å². The Morgan fingerprint density at radius 1 is 1.28 bits per heavy atom. The number of aryl methyl sites for hydroxylation is 1. The first-order chi connectivity index (χ1) is 15.4. The number of fused-ring (bicyclic) bond motifs is 1. The van der Waals surface area contributed by atoms with Gasteiger partial charge in [0.25, 0.3) is 5.69 Å². The predicted molar refractivity (Wildman–Crippen MR) is 124 cm³/mol. The van der Waals surface area contributed by atoms with Gasteiger partial charge in [-0.2, -0.15) is 0 Å². The van der Waals surface area contributed by atoms with Crippen molar-refractivity contribution in [2.75, 3.05) is 11.6 Å². The Labute approximate surface area is 190 Å². The van der Waals surface area contributed by atoms with Crippen molar-refractivity contribution < 1.29 is 14.1 Å². The van der Waals surface area contributed by atoms with E-state index in [2.05, 4.69) is 10.3 Å². The molecule has 1 amide bonds. The van der Waals surface area contributed by atoms with E-state index in [1.807, 2.05) is 35.9 Å². The average Bonchev–Trinajstić information content (AvgIpc) is 3.37. The number of nitro groups is 1. The molecule has 0 fully saturated rings. The number of benzene rings is 2. The Morgan fingerprint density at radius 3 is 2.78 bits per heavy atom. The second-order valence-corrected chi connectivity index (χ2v) is 8.58. The lowest BCUT2D eigenvalue weighted by molar-refractivity contribution is -0.384. The van der Waals surface area contributed by atoms with Crippen LogP contribution in [-0.2, 0) is 11.3 Å². The molecule has 0 unspecified atom stereocenters. The minimum absolute atomic E-state index is 0.148. The van der Waals surface area contributed by atoms with Crippen LogP contribution < -0.4 is 11.1 Å². The molecular weight excluding hydrogens is 452 g/mol. The zero-order valence-electron chi connectivity index (χ0n) is 16.9. The Kier molecular flexibility index (Phi) is 6.37. The van der Waals surface area contributed by atoms with E-state index in [1.165, 1.54) is 39.0 Å². The highest BCUT2D eigenvalue weighted by Gasteiger charge is 2.15. The molecule has 164 valence electrons. The number of aromatic nitrogens is 2. The SMILES string of the molecule is CSc1ccc(-c2csc(NC(=O)CCCn3c(=O)oc4cc([N+](=O)[O-])ccc43)n2)cc1. The van der Waals surface area contributed by atoms with Crippen molar-refractivity contribution >= 4 is 50.9 Å². The van der Waals surface area contributed by atoms with E-state index < -0.39 is 10.7 Å². The van der Waals surface area contributed by atoms with Crippen LogP contribution in [0.15, 0.2) is 62.0 Å². The standard InChI is InChI=1S/C21H18N4O5S2/c1-31-15-7-4-13(5-8-15)16-12-32-20(22-16)23-19(26)3-2-10-24-17-9-6-14(25(28)29)11-18(17)30-21(24)27/h4-9,11-12H,2-3,10H2,1H3,(H,22,23,26). The van der Waals surface area contributed by atoms with Crippen LogP contribution in [0.25, 0.3) is 22.4 Å². The van der Waals surface area contributed by atoms with E-state index in [4.69, 9.17) is 4.42 Å². The lowest BCUT2D eigenvalue weighted by Gasteiger charge is -2.03. The van der Waals surface area contributed by atoms with Crippen molar-refractivity contribution in [2.24, 2.45) is 0 Å². The third-order valence-electron chi connectivity index (χ3n) is 4.78. The zero-order chi connectivity index (χ0) is 22.7. The third kappa shape index (κ3) is 4.73. The Morgan fingerprint density at radius 2 is 2.06 bits per heavy atom. The van der Waals surface area contributed by atoms with Gasteiger partial charge in [0.1, 0.15) is 0 Å². The van der Waals surface area contributed by atoms with Gasteiger partial charge in [-0.05, 0) is 30.9 Å². The maximum atomic E-state index is 12.3. The van der Waals surface area contributed by atoms with Crippen LogP contribution in [0.5, 0.6) is 0 Å². The van der Waals surface area contributed by atoms with Gasteiger partial charge >= 0.3 is 5.76 Å². The summed E-state index contributed by atoms with van der Waals surface area (Å²) in [6.07, 6.45) is 2.60. The Balaban J connectivity index is 1.35. The summed E-state index contributed by atoms with van der Waals surface area (Å²) in [5.41, 5.74) is 2.22. The van der Waals surface area contributed by atoms with Crippen molar-refractivity contribution in [3.05, 3.63) is 68.5 Å². The summed E-state index contributed by atoms with van der Waals surface area (Å²) in [4.78, 5) is 40.3. The number of carbonyl (C=O) groups is 1. The zero-order valence-corrected chi connectivity index (χ0v) is 18.6. The van der Waals surface area contributed by atoms with E-state index in [0.29, 0.717) is 17.1 Å². The number of oxazole rings is 1. The maximum Gasteiger partial charge on any atom is 0.419 e. The number of carbonyl (C=O) groups excluding carboxylic acids is 1. The largest absolute Gasteiger partial charge is 0.419 e. The molecule has 11 heteroatoms. The minimum Gasteiger partial charge on any atom is -0.407 e. The number of rotatable bonds is 8. The van der Waals surface area contributed by atoms with Crippen LogP contribution in [0.4, 0.5) is 10.8 Å². The normalized spacial score (nSPS) is 11.0. The lowest BCUT2D eigenvalue weighted by atomic mass is 10.2. The van der Waals surface area contributed by atoms with E-state index in [-0.39, 0.29) is 30.1 Å². The average molecular weight is 471 g/mol. The monoisotopic (exact) mass is 470 g/mol. The fourth-order valence-corrected chi connectivity index (χ4v) is 4.33. The van der Waals surface area contributed by atoms with E-state index in [9.17, 15) is 19.7 Å². The number of nitro benzene ring substituents is 1. The van der Waals surface area contributed by atoms with Gasteiger partial charge in [-0.25, -0.2) is 9.78 Å². The molecule has 1 N–H and O–H groups in total. The van der Waals surface area contributed by atoms with Gasteiger partial charge in [0.2, 0.25) is 5.91 Å². The summed E-state index contributed by atoms with van der Waals surface area (Å²) in [5, 5.41) is 16.1. The number of anilines is 1. The van der Waals surface area contributed by atoms with Crippen LogP contribution in [0.3, 0.4) is 0 Å². The van der Waals surface area contributed by atoms with Gasteiger partial charge in [0.05, 0.1) is 22.2 Å². The van der Waals surface area contributed by atoms with Crippen molar-refractivity contribution in [3.63, 3.8) is 0 Å². The molecule has 32 heavy (non-hydrogen) atoms. The summed E-state index contributed by atoms with van der Waals surface area (Å²) >= 11 is 3.02. The highest BCUT2D eigenvalue weighted by molar-refractivity contribution is 7.98. The van der Waals surface area contributed by atoms with Gasteiger partial charge in [0, 0.05) is 34.9 Å². The topological polar surface area (TPSA) is 120 Å². The van der Waals surface area contributed by atoms with Crippen molar-refractivity contribution in [3.8, 4) is 11.3 Å². The van der Waals surface area contributed by atoms with Crippen LogP contribution in [0.1, 0.15) is 12.8 Å². The second kappa shape index (κ2) is 9.37. The van der Waals surface area contributed by atoms with Crippen molar-refractivity contribution in [1.29, 1.82) is 0 Å². The summed E-state index contributed by atoms with van der Waals surface area (Å²) < 4.78 is 6.46. The first kappa shape index (κ1) is 21.8. The Bertz CT molecular complexity index is 1340. The number of hydrogen-bond acceptors (Lipinski definition) is 8. The summed E-state index contributed by atoms with van der Waals surface area (Å²) in [7, 11) is 0. The predicted octanol–water partition coefficient (Wildman–Crippen LogP) is 4.77. The first-order valence-electron chi connectivity index (χ1n) is 9.62. The summed E-state index contributed by atoms with van der Waals surface area (Å²) in [6.45, 7) is 0.252. The number of hydrogen-bond donors (Lipinski definition) is 1. The molecule has 9 nitrogen and oxygen atoms in total. The molecule has 0 bridgehead atoms. The quantitative estimate of drug-likeness (QED) is 0.224. The molecule has 0 radical (unpaired) electrons. The molecular formula is C21H18N4O5S2. The highest BCUT2D eigenvalue weighted by atomic mass is 32.2. The van der Waals surface area contributed by atoms with Gasteiger partial charge in [0.15, 0.2) is 10.7 Å². The van der Waals surface area contributed by atoms with Crippen LogP contribution >= 0.6 is 23.1 Å². The Hall–Kier alpha value is -3.44. The number of nitrogens with one attached hydrogen (secondary N) is 1. The number of thiazole rings is 1. The number of nitrogens with zero attached hydrogens (tertiary/aromatic N) is 3. The van der Waals surface area contributed by atoms with Crippen LogP contribution in [0.2, 0.25) is 0 Å². The molecule has 0 aliphatic heterocycles. The molecule has 4 rings (SSSR count). The summed E-state index contributed by atoms with van der Waals surface area (Å²) in [6, 6.07) is 12.0. The third-order valence-corrected chi connectivity index (χ3v) is 6.29. The number of thioether (sulfide) groups is 1. The molecule has 2 aromatic carbocycles. The van der Waals surface area contributed by atoms with Crippen LogP contribution in [-0.4, -0.2) is 26.6 Å². The molecule has 0 aliphatic rings. The van der Waals surface area contributed by atoms with Gasteiger partial charge < -0.3 is 9.73 Å². The first-order valence-corrected chi connectivity index (χ1v) is 11.7. The molecule has 2 aromatic heterocycles. The van der Waals surface area contributed by atoms with Crippen LogP contribution in [0, 0.1) is 10.1 Å². The fourth-order valence-electron chi connectivity index (χ4n) is 3.19. The van der Waals surface area contributed by atoms with E-state index in [1.54, 1.807) is 11.8 Å². The second-order valence-electron chi connectivity index (χ2n) is 6.85. The minimum atomic E-state index is -0.613. The molecule has 4 aromatic rings. The molecule has 0 spiro atoms. The summed E-state index contributed by atoms with van der Waals surface area (Å²) in [5.74, 6) is -0.821. The molecule has 0 saturated heterocycles. The highest BCUT2D eigenvalue weighted by Crippen LogP contribution is 2.27. The maximum absolute atomic E-state index is 12.3. The fraction of sp³-hybridized carbons (Fsp3) is 0.190. The number of amides is 1. The van der Waals surface area contributed by atoms with Gasteiger partial charge in [-0.1, -0.05) is 12.1 Å². The number of non-ortho nitro benzene ring substituents is 1.